The molecule has 3 heteroatoms. The zero-order chi connectivity index (χ0) is 13.7. The summed E-state index contributed by atoms with van der Waals surface area (Å²) in [7, 11) is 0. The summed E-state index contributed by atoms with van der Waals surface area (Å²) in [4.78, 5) is 12.0. The van der Waals surface area contributed by atoms with Gasteiger partial charge >= 0.3 is 0 Å². The van der Waals surface area contributed by atoms with Crippen molar-refractivity contribution >= 4 is 11.6 Å². The van der Waals surface area contributed by atoms with E-state index in [0.29, 0.717) is 6.04 Å². The van der Waals surface area contributed by atoms with Gasteiger partial charge in [0.2, 0.25) is 5.91 Å². The first kappa shape index (κ1) is 14.1. The molecule has 0 unspecified atom stereocenters. The van der Waals surface area contributed by atoms with Crippen molar-refractivity contribution in [2.45, 2.75) is 52.1 Å². The number of hydrogen-bond acceptors (Lipinski definition) is 2. The Bertz CT molecular complexity index is 423. The average Bonchev–Trinajstić information content (AvgIpc) is 3.22. The quantitative estimate of drug-likeness (QED) is 0.789. The summed E-state index contributed by atoms with van der Waals surface area (Å²) in [5.74, 6) is 0.255. The fraction of sp³-hybridized carbons (Fsp3) is 0.562. The molecule has 2 N–H and O–H groups in total. The van der Waals surface area contributed by atoms with Crippen molar-refractivity contribution in [3.05, 3.63) is 29.8 Å². The largest absolute Gasteiger partial charge is 0.326 e. The van der Waals surface area contributed by atoms with E-state index in [1.165, 1.54) is 18.4 Å². The maximum atomic E-state index is 12.0. The molecule has 1 aliphatic rings. The Morgan fingerprint density at radius 1 is 1.32 bits per heavy atom. The van der Waals surface area contributed by atoms with Crippen LogP contribution in [0.1, 0.15) is 45.1 Å². The molecule has 1 aliphatic carbocycles. The van der Waals surface area contributed by atoms with Gasteiger partial charge in [-0.15, -0.1) is 0 Å². The van der Waals surface area contributed by atoms with Crippen LogP contribution in [-0.2, 0) is 11.3 Å². The van der Waals surface area contributed by atoms with Crippen molar-refractivity contribution in [3.8, 4) is 0 Å². The number of anilines is 1. The fourth-order valence-electron chi connectivity index (χ4n) is 2.21. The van der Waals surface area contributed by atoms with Gasteiger partial charge in [0.05, 0.1) is 0 Å². The minimum atomic E-state index is 0.119. The predicted octanol–water partition coefficient (Wildman–Crippen LogP) is 3.31. The Morgan fingerprint density at radius 2 is 2.05 bits per heavy atom. The van der Waals surface area contributed by atoms with Crippen molar-refractivity contribution < 1.29 is 4.79 Å². The second-order valence-corrected chi connectivity index (χ2v) is 5.36. The van der Waals surface area contributed by atoms with E-state index < -0.39 is 0 Å². The van der Waals surface area contributed by atoms with E-state index in [0.717, 1.165) is 25.1 Å². The Morgan fingerprint density at radius 3 is 2.68 bits per heavy atom. The standard InChI is InChI=1S/C16H24N2O/c1-3-13(4-2)16(19)18-15-7-5-6-12(10-15)11-17-14-8-9-14/h5-7,10,13-14,17H,3-4,8-9,11H2,1-2H3,(H,18,19). The molecule has 0 aromatic heterocycles. The van der Waals surface area contributed by atoms with Crippen molar-refractivity contribution in [1.82, 2.24) is 5.32 Å². The zero-order valence-electron chi connectivity index (χ0n) is 11.9. The molecule has 0 spiro atoms. The summed E-state index contributed by atoms with van der Waals surface area (Å²) in [5, 5.41) is 6.51. The minimum Gasteiger partial charge on any atom is -0.326 e. The second kappa shape index (κ2) is 6.71. The SMILES string of the molecule is CCC(CC)C(=O)Nc1cccc(CNC2CC2)c1. The van der Waals surface area contributed by atoms with Gasteiger partial charge in [-0.05, 0) is 43.4 Å². The summed E-state index contributed by atoms with van der Waals surface area (Å²) in [6, 6.07) is 8.84. The van der Waals surface area contributed by atoms with Gasteiger partial charge in [-0.25, -0.2) is 0 Å². The molecular weight excluding hydrogens is 236 g/mol. The Balaban J connectivity index is 1.91. The van der Waals surface area contributed by atoms with Crippen molar-refractivity contribution in [2.24, 2.45) is 5.92 Å². The van der Waals surface area contributed by atoms with E-state index in [-0.39, 0.29) is 11.8 Å². The molecule has 0 bridgehead atoms. The summed E-state index contributed by atoms with van der Waals surface area (Å²) in [6.45, 7) is 5.01. The fourth-order valence-corrected chi connectivity index (χ4v) is 2.21. The first-order valence-electron chi connectivity index (χ1n) is 7.36. The predicted molar refractivity (Wildman–Crippen MR) is 79.0 cm³/mol. The smallest absolute Gasteiger partial charge is 0.227 e. The number of carbonyl (C=O) groups is 1. The molecule has 0 aliphatic heterocycles. The van der Waals surface area contributed by atoms with Crippen LogP contribution in [0.3, 0.4) is 0 Å². The van der Waals surface area contributed by atoms with Crippen LogP contribution in [0.2, 0.25) is 0 Å². The van der Waals surface area contributed by atoms with Crippen LogP contribution in [0.4, 0.5) is 5.69 Å². The molecule has 2 rings (SSSR count). The summed E-state index contributed by atoms with van der Waals surface area (Å²) in [6.07, 6.45) is 4.38. The Kier molecular flexibility index (Phi) is 4.97. The third-order valence-electron chi connectivity index (χ3n) is 3.72. The van der Waals surface area contributed by atoms with Crippen LogP contribution in [0.25, 0.3) is 0 Å². The molecule has 0 atom stereocenters. The number of benzene rings is 1. The van der Waals surface area contributed by atoms with Crippen LogP contribution in [0.15, 0.2) is 24.3 Å². The van der Waals surface area contributed by atoms with Crippen LogP contribution in [0.5, 0.6) is 0 Å². The molecule has 1 saturated carbocycles. The van der Waals surface area contributed by atoms with Crippen LogP contribution in [0, 0.1) is 5.92 Å². The number of rotatable bonds is 7. The van der Waals surface area contributed by atoms with Crippen LogP contribution < -0.4 is 10.6 Å². The molecule has 19 heavy (non-hydrogen) atoms. The van der Waals surface area contributed by atoms with Gasteiger partial charge in [0.15, 0.2) is 0 Å². The van der Waals surface area contributed by atoms with E-state index >= 15 is 0 Å². The van der Waals surface area contributed by atoms with E-state index in [1.54, 1.807) is 0 Å². The molecule has 1 amide bonds. The monoisotopic (exact) mass is 260 g/mol. The normalized spacial score (nSPS) is 14.7. The van der Waals surface area contributed by atoms with Gasteiger partial charge in [-0.2, -0.15) is 0 Å². The van der Waals surface area contributed by atoms with Crippen LogP contribution >= 0.6 is 0 Å². The highest BCUT2D eigenvalue weighted by atomic mass is 16.1. The van der Waals surface area contributed by atoms with E-state index in [4.69, 9.17) is 0 Å². The van der Waals surface area contributed by atoms with Gasteiger partial charge in [0, 0.05) is 24.2 Å². The summed E-state index contributed by atoms with van der Waals surface area (Å²) < 4.78 is 0. The maximum Gasteiger partial charge on any atom is 0.227 e. The lowest BCUT2D eigenvalue weighted by Crippen LogP contribution is -2.22. The highest BCUT2D eigenvalue weighted by Gasteiger charge is 2.20. The van der Waals surface area contributed by atoms with E-state index in [2.05, 4.69) is 36.6 Å². The van der Waals surface area contributed by atoms with E-state index in [1.807, 2.05) is 12.1 Å². The van der Waals surface area contributed by atoms with Crippen molar-refractivity contribution in [2.75, 3.05) is 5.32 Å². The molecule has 1 fully saturated rings. The van der Waals surface area contributed by atoms with Gasteiger partial charge in [0.1, 0.15) is 0 Å². The lowest BCUT2D eigenvalue weighted by atomic mass is 10.0. The average molecular weight is 260 g/mol. The third-order valence-corrected chi connectivity index (χ3v) is 3.72. The highest BCUT2D eigenvalue weighted by molar-refractivity contribution is 5.92. The maximum absolute atomic E-state index is 12.0. The number of carbonyl (C=O) groups excluding carboxylic acids is 1. The lowest BCUT2D eigenvalue weighted by molar-refractivity contribution is -0.120. The highest BCUT2D eigenvalue weighted by Crippen LogP contribution is 2.20. The molecule has 104 valence electrons. The first-order valence-corrected chi connectivity index (χ1v) is 7.36. The second-order valence-electron chi connectivity index (χ2n) is 5.36. The topological polar surface area (TPSA) is 41.1 Å². The molecule has 3 nitrogen and oxygen atoms in total. The van der Waals surface area contributed by atoms with Gasteiger partial charge in [-0.1, -0.05) is 26.0 Å². The first-order chi connectivity index (χ1) is 9.22. The number of nitrogens with one attached hydrogen (secondary N) is 2. The Labute approximate surface area is 115 Å². The molecule has 0 heterocycles. The zero-order valence-corrected chi connectivity index (χ0v) is 11.9. The molecule has 0 radical (unpaired) electrons. The van der Waals surface area contributed by atoms with Crippen LogP contribution in [-0.4, -0.2) is 11.9 Å². The van der Waals surface area contributed by atoms with Gasteiger partial charge in [-0.3, -0.25) is 4.79 Å². The molecule has 1 aromatic rings. The number of amides is 1. The summed E-state index contributed by atoms with van der Waals surface area (Å²) >= 11 is 0. The molecule has 0 saturated heterocycles. The van der Waals surface area contributed by atoms with E-state index in [9.17, 15) is 4.79 Å². The summed E-state index contributed by atoms with van der Waals surface area (Å²) in [5.41, 5.74) is 2.14. The number of hydrogen-bond donors (Lipinski definition) is 2. The lowest BCUT2D eigenvalue weighted by Gasteiger charge is -2.13. The Hall–Kier alpha value is -1.35. The molecular formula is C16H24N2O. The third kappa shape index (κ3) is 4.35. The van der Waals surface area contributed by atoms with Gasteiger partial charge < -0.3 is 10.6 Å². The van der Waals surface area contributed by atoms with Crippen molar-refractivity contribution in [1.29, 1.82) is 0 Å². The van der Waals surface area contributed by atoms with Crippen molar-refractivity contribution in [3.63, 3.8) is 0 Å². The van der Waals surface area contributed by atoms with Gasteiger partial charge in [0.25, 0.3) is 0 Å². The molecule has 1 aromatic carbocycles. The minimum absolute atomic E-state index is 0.119.